The van der Waals surface area contributed by atoms with E-state index in [9.17, 15) is 18.3 Å². The lowest BCUT2D eigenvalue weighted by molar-refractivity contribution is -0.140. The van der Waals surface area contributed by atoms with Gasteiger partial charge in [-0.2, -0.15) is 4.31 Å². The molecule has 1 aliphatic heterocycles. The van der Waals surface area contributed by atoms with Gasteiger partial charge in [-0.05, 0) is 61.6 Å². The number of carbonyl (C=O) groups is 1. The second-order valence-corrected chi connectivity index (χ2v) is 12.0. The van der Waals surface area contributed by atoms with E-state index in [2.05, 4.69) is 4.98 Å². The molecule has 1 saturated heterocycles. The van der Waals surface area contributed by atoms with E-state index in [4.69, 9.17) is 9.47 Å². The predicted octanol–water partition coefficient (Wildman–Crippen LogP) is 3.42. The number of likely N-dealkylation sites (tertiary alicyclic amines) is 1. The van der Waals surface area contributed by atoms with Crippen LogP contribution >= 0.6 is 0 Å². The van der Waals surface area contributed by atoms with Crippen LogP contribution in [-0.4, -0.2) is 73.6 Å². The molecule has 1 fully saturated rings. The van der Waals surface area contributed by atoms with Gasteiger partial charge in [0.15, 0.2) is 0 Å². The first-order valence-electron chi connectivity index (χ1n) is 13.3. The minimum absolute atomic E-state index is 0.0551. The van der Waals surface area contributed by atoms with E-state index in [1.54, 1.807) is 56.4 Å². The minimum Gasteiger partial charge on any atom is -0.497 e. The van der Waals surface area contributed by atoms with Crippen molar-refractivity contribution in [3.8, 4) is 5.75 Å². The minimum atomic E-state index is -3.88. The lowest BCUT2D eigenvalue weighted by Gasteiger charge is -2.38. The van der Waals surface area contributed by atoms with Crippen molar-refractivity contribution >= 4 is 15.9 Å². The lowest BCUT2D eigenvalue weighted by atomic mass is 9.85. The van der Waals surface area contributed by atoms with Crippen molar-refractivity contribution in [2.75, 3.05) is 40.0 Å². The number of hydrogen-bond donors (Lipinski definition) is 1. The van der Waals surface area contributed by atoms with Crippen molar-refractivity contribution in [2.45, 2.75) is 43.7 Å². The molecule has 10 heteroatoms. The molecule has 0 radical (unpaired) electrons. The average molecular weight is 568 g/mol. The maximum Gasteiger partial charge on any atom is 0.248 e. The number of hydrogen-bond acceptors (Lipinski definition) is 7. The summed E-state index contributed by atoms with van der Waals surface area (Å²) in [5.74, 6) is 0.412. The third kappa shape index (κ3) is 6.87. The van der Waals surface area contributed by atoms with Gasteiger partial charge >= 0.3 is 0 Å². The van der Waals surface area contributed by atoms with Crippen molar-refractivity contribution in [1.82, 2.24) is 14.2 Å². The van der Waals surface area contributed by atoms with Gasteiger partial charge in [-0.25, -0.2) is 8.42 Å². The van der Waals surface area contributed by atoms with Gasteiger partial charge in [0.05, 0.1) is 24.2 Å². The number of benzene rings is 2. The van der Waals surface area contributed by atoms with Crippen LogP contribution in [0.25, 0.3) is 0 Å². The Bertz CT molecular complexity index is 1370. The van der Waals surface area contributed by atoms with Crippen LogP contribution in [0.2, 0.25) is 0 Å². The monoisotopic (exact) mass is 567 g/mol. The fourth-order valence-electron chi connectivity index (χ4n) is 5.11. The number of aromatic nitrogens is 1. The second kappa shape index (κ2) is 12.9. The zero-order valence-corrected chi connectivity index (χ0v) is 24.1. The first-order chi connectivity index (χ1) is 19.1. The van der Waals surface area contributed by atoms with Crippen molar-refractivity contribution in [3.05, 3.63) is 89.2 Å². The fourth-order valence-corrected chi connectivity index (χ4v) is 6.93. The van der Waals surface area contributed by atoms with Crippen LogP contribution in [0, 0.1) is 13.8 Å². The number of pyridine rings is 1. The Kier molecular flexibility index (Phi) is 9.57. The molecule has 2 heterocycles. The predicted molar refractivity (Wildman–Crippen MR) is 151 cm³/mol. The molecule has 1 aromatic heterocycles. The third-order valence-electron chi connectivity index (χ3n) is 7.32. The van der Waals surface area contributed by atoms with Crippen LogP contribution < -0.4 is 4.74 Å². The summed E-state index contributed by atoms with van der Waals surface area (Å²) in [4.78, 5) is 18.8. The van der Waals surface area contributed by atoms with Gasteiger partial charge in [0.25, 0.3) is 0 Å². The number of methoxy groups -OCH3 is 1. The topological polar surface area (TPSA) is 109 Å². The highest BCUT2D eigenvalue weighted by Gasteiger charge is 2.35. The van der Waals surface area contributed by atoms with Gasteiger partial charge in [-0.3, -0.25) is 9.78 Å². The van der Waals surface area contributed by atoms with Crippen molar-refractivity contribution in [2.24, 2.45) is 0 Å². The second-order valence-electron chi connectivity index (χ2n) is 10.1. The summed E-state index contributed by atoms with van der Waals surface area (Å²) in [6.07, 6.45) is 4.14. The molecule has 2 aromatic carbocycles. The molecule has 1 N–H and O–H groups in total. The molecule has 0 saturated carbocycles. The Hall–Kier alpha value is -3.31. The van der Waals surface area contributed by atoms with Gasteiger partial charge in [-0.1, -0.05) is 36.4 Å². The van der Waals surface area contributed by atoms with Crippen LogP contribution in [0.5, 0.6) is 5.75 Å². The molecule has 0 bridgehead atoms. The van der Waals surface area contributed by atoms with Crippen LogP contribution in [0.3, 0.4) is 0 Å². The lowest BCUT2D eigenvalue weighted by Crippen LogP contribution is -2.46. The molecule has 40 heavy (non-hydrogen) atoms. The summed E-state index contributed by atoms with van der Waals surface area (Å²) in [7, 11) is -2.33. The summed E-state index contributed by atoms with van der Waals surface area (Å²) < 4.78 is 40.1. The van der Waals surface area contributed by atoms with E-state index in [1.807, 2.05) is 36.4 Å². The van der Waals surface area contributed by atoms with Gasteiger partial charge < -0.3 is 19.5 Å². The fraction of sp³-hybridized carbons (Fsp3) is 0.400. The van der Waals surface area contributed by atoms with E-state index in [0.29, 0.717) is 42.8 Å². The molecule has 0 aliphatic carbocycles. The molecule has 4 rings (SSSR count). The Morgan fingerprint density at radius 2 is 1.75 bits per heavy atom. The number of carbonyl (C=O) groups excluding carboxylic acids is 1. The highest BCUT2D eigenvalue weighted by atomic mass is 32.2. The molecule has 1 amide bonds. The summed E-state index contributed by atoms with van der Waals surface area (Å²) >= 11 is 0. The molecule has 0 unspecified atom stereocenters. The van der Waals surface area contributed by atoms with Gasteiger partial charge in [0.2, 0.25) is 15.9 Å². The van der Waals surface area contributed by atoms with E-state index in [1.165, 1.54) is 4.31 Å². The first kappa shape index (κ1) is 29.7. The molecular weight excluding hydrogens is 530 g/mol. The third-order valence-corrected chi connectivity index (χ3v) is 9.47. The number of aryl methyl sites for hydroxylation is 2. The summed E-state index contributed by atoms with van der Waals surface area (Å²) in [6, 6.07) is 16.4. The number of amides is 1. The highest BCUT2D eigenvalue weighted by Crippen LogP contribution is 2.32. The average Bonchev–Trinajstić information content (AvgIpc) is 2.95. The number of piperidine rings is 1. The van der Waals surface area contributed by atoms with Gasteiger partial charge in [0.1, 0.15) is 12.4 Å². The Balaban J connectivity index is 1.38. The molecular formula is C30H37N3O6S. The van der Waals surface area contributed by atoms with E-state index < -0.39 is 15.6 Å². The number of nitrogens with zero attached hydrogens (tertiary/aromatic N) is 3. The molecule has 1 aliphatic rings. The number of ether oxygens (including phenoxy) is 2. The van der Waals surface area contributed by atoms with E-state index in [-0.39, 0.29) is 37.1 Å². The summed E-state index contributed by atoms with van der Waals surface area (Å²) in [5.41, 5.74) is 1.79. The SMILES string of the molecule is COc1cc(C)c(S(=O)(=O)N(CCOCC(=O)N2CCC(O)(c3cccnc3)CC2)Cc2ccccc2)c(C)c1. The maximum absolute atomic E-state index is 13.9. The molecule has 3 aromatic rings. The van der Waals surface area contributed by atoms with Gasteiger partial charge in [-0.15, -0.1) is 0 Å². The Morgan fingerprint density at radius 3 is 2.35 bits per heavy atom. The molecule has 214 valence electrons. The largest absolute Gasteiger partial charge is 0.497 e. The maximum atomic E-state index is 13.9. The smallest absolute Gasteiger partial charge is 0.248 e. The van der Waals surface area contributed by atoms with E-state index >= 15 is 0 Å². The van der Waals surface area contributed by atoms with Crippen LogP contribution in [0.1, 0.15) is 35.1 Å². The number of rotatable bonds is 11. The first-order valence-corrected chi connectivity index (χ1v) is 14.8. The Labute approximate surface area is 236 Å². The Morgan fingerprint density at radius 1 is 1.07 bits per heavy atom. The molecule has 9 nitrogen and oxygen atoms in total. The van der Waals surface area contributed by atoms with Crippen molar-refractivity contribution in [3.63, 3.8) is 0 Å². The van der Waals surface area contributed by atoms with Crippen LogP contribution in [-0.2, 0) is 31.7 Å². The van der Waals surface area contributed by atoms with Crippen molar-refractivity contribution < 1.29 is 27.8 Å². The van der Waals surface area contributed by atoms with Crippen LogP contribution in [0.15, 0.2) is 71.9 Å². The quantitative estimate of drug-likeness (QED) is 0.354. The number of aliphatic hydroxyl groups is 1. The van der Waals surface area contributed by atoms with Crippen LogP contribution in [0.4, 0.5) is 0 Å². The molecule has 0 atom stereocenters. The molecule has 0 spiro atoms. The zero-order valence-electron chi connectivity index (χ0n) is 23.2. The van der Waals surface area contributed by atoms with Gasteiger partial charge in [0, 0.05) is 44.1 Å². The zero-order chi connectivity index (χ0) is 28.8. The summed E-state index contributed by atoms with van der Waals surface area (Å²) in [6.45, 7) is 4.46. The standard InChI is InChI=1S/C30H37N3O6S/c1-23-18-27(38-3)19-24(2)29(23)40(36,37)33(21-25-8-5-4-6-9-25)16-17-39-22-28(34)32-14-11-30(35,12-15-32)26-10-7-13-31-20-26/h4-10,13,18-20,35H,11-12,14-17,21-22H2,1-3H3. The van der Waals surface area contributed by atoms with E-state index in [0.717, 1.165) is 11.1 Å². The normalized spacial score (nSPS) is 15.3. The van der Waals surface area contributed by atoms with Crippen molar-refractivity contribution in [1.29, 1.82) is 0 Å². The number of sulfonamides is 1. The summed E-state index contributed by atoms with van der Waals surface area (Å²) in [5, 5.41) is 11.0. The highest BCUT2D eigenvalue weighted by molar-refractivity contribution is 7.89.